The molecule has 21 heavy (non-hydrogen) atoms. The smallest absolute Gasteiger partial charge is 0.336 e. The SMILES string of the molecule is Cc1c(C(=O)O)cc(Cl)cc1S(=O)(=O)CC1CCCCC1. The van der Waals surface area contributed by atoms with E-state index in [4.69, 9.17) is 16.7 Å². The minimum Gasteiger partial charge on any atom is -0.478 e. The van der Waals surface area contributed by atoms with Crippen LogP contribution in [0.4, 0.5) is 0 Å². The lowest BCUT2D eigenvalue weighted by atomic mass is 9.91. The van der Waals surface area contributed by atoms with Gasteiger partial charge < -0.3 is 5.11 Å². The van der Waals surface area contributed by atoms with Crippen molar-refractivity contribution < 1.29 is 18.3 Å². The predicted octanol–water partition coefficient (Wildman–Crippen LogP) is 3.70. The van der Waals surface area contributed by atoms with E-state index in [0.717, 1.165) is 32.1 Å². The molecule has 0 radical (unpaired) electrons. The van der Waals surface area contributed by atoms with Crippen LogP contribution in [0.3, 0.4) is 0 Å². The molecule has 1 aliphatic rings. The largest absolute Gasteiger partial charge is 0.478 e. The van der Waals surface area contributed by atoms with Crippen LogP contribution in [-0.4, -0.2) is 25.2 Å². The highest BCUT2D eigenvalue weighted by Crippen LogP contribution is 2.30. The number of hydrogen-bond acceptors (Lipinski definition) is 3. The molecule has 6 heteroatoms. The van der Waals surface area contributed by atoms with Gasteiger partial charge in [-0.05, 0) is 43.4 Å². The first kappa shape index (κ1) is 16.3. The topological polar surface area (TPSA) is 71.4 Å². The van der Waals surface area contributed by atoms with Crippen molar-refractivity contribution in [1.29, 1.82) is 0 Å². The summed E-state index contributed by atoms with van der Waals surface area (Å²) in [6.45, 7) is 1.52. The summed E-state index contributed by atoms with van der Waals surface area (Å²) >= 11 is 5.89. The van der Waals surface area contributed by atoms with Crippen LogP contribution in [0, 0.1) is 12.8 Å². The molecular weight excluding hydrogens is 312 g/mol. The van der Waals surface area contributed by atoms with E-state index in [9.17, 15) is 13.2 Å². The lowest BCUT2D eigenvalue weighted by Crippen LogP contribution is -2.20. The van der Waals surface area contributed by atoms with Crippen LogP contribution >= 0.6 is 11.6 Å². The molecule has 0 saturated heterocycles. The van der Waals surface area contributed by atoms with Crippen molar-refractivity contribution >= 4 is 27.4 Å². The second-order valence-corrected chi connectivity index (χ2v) is 8.11. The molecule has 0 heterocycles. The average molecular weight is 331 g/mol. The van der Waals surface area contributed by atoms with Crippen LogP contribution in [0.2, 0.25) is 5.02 Å². The summed E-state index contributed by atoms with van der Waals surface area (Å²) in [6, 6.07) is 2.65. The highest BCUT2D eigenvalue weighted by Gasteiger charge is 2.26. The standard InChI is InChI=1S/C15H19ClO4S/c1-10-13(15(17)18)7-12(16)8-14(10)21(19,20)9-11-5-3-2-4-6-11/h7-8,11H,2-6,9H2,1H3,(H,17,18). The first-order valence-electron chi connectivity index (χ1n) is 7.07. The van der Waals surface area contributed by atoms with Gasteiger partial charge in [0.15, 0.2) is 9.84 Å². The maximum Gasteiger partial charge on any atom is 0.336 e. The third-order valence-electron chi connectivity index (χ3n) is 4.07. The second kappa shape index (κ2) is 6.36. The van der Waals surface area contributed by atoms with Crippen LogP contribution in [0.1, 0.15) is 48.0 Å². The summed E-state index contributed by atoms with van der Waals surface area (Å²) in [4.78, 5) is 11.2. The maximum absolute atomic E-state index is 12.6. The summed E-state index contributed by atoms with van der Waals surface area (Å²) in [5, 5.41) is 9.29. The number of benzene rings is 1. The molecule has 0 amide bonds. The Morgan fingerprint density at radius 2 is 1.90 bits per heavy atom. The van der Waals surface area contributed by atoms with Gasteiger partial charge in [-0.15, -0.1) is 0 Å². The fourth-order valence-electron chi connectivity index (χ4n) is 2.95. The van der Waals surface area contributed by atoms with Crippen LogP contribution < -0.4 is 0 Å². The van der Waals surface area contributed by atoms with Crippen molar-refractivity contribution in [2.75, 3.05) is 5.75 Å². The van der Waals surface area contributed by atoms with Crippen molar-refractivity contribution in [3.63, 3.8) is 0 Å². The van der Waals surface area contributed by atoms with Gasteiger partial charge in [0.25, 0.3) is 0 Å². The van der Waals surface area contributed by atoms with E-state index in [2.05, 4.69) is 0 Å². The number of carboxylic acids is 1. The molecule has 1 N–H and O–H groups in total. The number of carboxylic acid groups (broad SMARTS) is 1. The Bertz CT molecular complexity index is 646. The molecule has 1 fully saturated rings. The van der Waals surface area contributed by atoms with E-state index in [1.165, 1.54) is 19.1 Å². The van der Waals surface area contributed by atoms with Crippen molar-refractivity contribution in [2.45, 2.75) is 43.9 Å². The molecule has 116 valence electrons. The van der Waals surface area contributed by atoms with Gasteiger partial charge in [0.2, 0.25) is 0 Å². The van der Waals surface area contributed by atoms with E-state index < -0.39 is 15.8 Å². The monoisotopic (exact) mass is 330 g/mol. The Hall–Kier alpha value is -1.07. The Morgan fingerprint density at radius 1 is 1.29 bits per heavy atom. The van der Waals surface area contributed by atoms with Crippen molar-refractivity contribution in [3.8, 4) is 0 Å². The van der Waals surface area contributed by atoms with Gasteiger partial charge in [0.05, 0.1) is 16.2 Å². The van der Waals surface area contributed by atoms with Crippen LogP contribution in [0.25, 0.3) is 0 Å². The first-order chi connectivity index (χ1) is 9.81. The molecule has 0 bridgehead atoms. The summed E-state index contributed by atoms with van der Waals surface area (Å²) < 4.78 is 25.2. The summed E-state index contributed by atoms with van der Waals surface area (Å²) in [6.07, 6.45) is 5.13. The molecule has 0 spiro atoms. The third kappa shape index (κ3) is 3.77. The Balaban J connectivity index is 2.37. The maximum atomic E-state index is 12.6. The van der Waals surface area contributed by atoms with E-state index in [1.54, 1.807) is 0 Å². The van der Waals surface area contributed by atoms with Crippen LogP contribution in [0.5, 0.6) is 0 Å². The number of rotatable bonds is 4. The highest BCUT2D eigenvalue weighted by atomic mass is 35.5. The van der Waals surface area contributed by atoms with E-state index in [1.807, 2.05) is 0 Å². The number of aromatic carboxylic acids is 1. The van der Waals surface area contributed by atoms with Gasteiger partial charge in [-0.3, -0.25) is 0 Å². The van der Waals surface area contributed by atoms with E-state index in [0.29, 0.717) is 0 Å². The second-order valence-electron chi connectivity index (χ2n) is 5.67. The molecule has 1 saturated carbocycles. The zero-order valence-electron chi connectivity index (χ0n) is 11.9. The summed E-state index contributed by atoms with van der Waals surface area (Å²) in [5.41, 5.74) is 0.215. The molecule has 1 aromatic rings. The average Bonchev–Trinajstić information content (AvgIpc) is 2.41. The van der Waals surface area contributed by atoms with Crippen LogP contribution in [-0.2, 0) is 9.84 Å². The molecule has 0 aliphatic heterocycles. The molecule has 4 nitrogen and oxygen atoms in total. The lowest BCUT2D eigenvalue weighted by Gasteiger charge is -2.22. The Labute approximate surface area is 130 Å². The van der Waals surface area contributed by atoms with Crippen molar-refractivity contribution in [1.82, 2.24) is 0 Å². The minimum absolute atomic E-state index is 0.0512. The number of halogens is 1. The lowest BCUT2D eigenvalue weighted by molar-refractivity contribution is 0.0696. The van der Waals surface area contributed by atoms with Gasteiger partial charge in [0, 0.05) is 5.02 Å². The van der Waals surface area contributed by atoms with Gasteiger partial charge in [-0.25, -0.2) is 13.2 Å². The van der Waals surface area contributed by atoms with Crippen molar-refractivity contribution in [3.05, 3.63) is 28.3 Å². The summed E-state index contributed by atoms with van der Waals surface area (Å²) in [7, 11) is -3.52. The first-order valence-corrected chi connectivity index (χ1v) is 9.10. The van der Waals surface area contributed by atoms with E-state index >= 15 is 0 Å². The Morgan fingerprint density at radius 3 is 2.48 bits per heavy atom. The number of sulfone groups is 1. The Kier molecular flexibility index (Phi) is 4.94. The fraction of sp³-hybridized carbons (Fsp3) is 0.533. The zero-order chi connectivity index (χ0) is 15.6. The summed E-state index contributed by atoms with van der Waals surface area (Å²) in [5.74, 6) is -0.924. The molecule has 0 unspecified atom stereocenters. The quantitative estimate of drug-likeness (QED) is 0.913. The van der Waals surface area contributed by atoms with Gasteiger partial charge in [-0.2, -0.15) is 0 Å². The number of hydrogen-bond donors (Lipinski definition) is 1. The van der Waals surface area contributed by atoms with Gasteiger partial charge >= 0.3 is 5.97 Å². The zero-order valence-corrected chi connectivity index (χ0v) is 13.5. The van der Waals surface area contributed by atoms with Gasteiger partial charge in [0.1, 0.15) is 0 Å². The minimum atomic E-state index is -3.52. The molecular formula is C15H19ClO4S. The normalized spacial score (nSPS) is 16.9. The molecule has 2 rings (SSSR count). The van der Waals surface area contributed by atoms with E-state index in [-0.39, 0.29) is 32.7 Å². The predicted molar refractivity (Wildman–Crippen MR) is 81.8 cm³/mol. The fourth-order valence-corrected chi connectivity index (χ4v) is 5.25. The molecule has 0 aromatic heterocycles. The highest BCUT2D eigenvalue weighted by molar-refractivity contribution is 7.91. The number of carbonyl (C=O) groups is 1. The molecule has 1 aromatic carbocycles. The molecule has 0 atom stereocenters. The third-order valence-corrected chi connectivity index (χ3v) is 6.29. The molecule has 1 aliphatic carbocycles. The van der Waals surface area contributed by atoms with Crippen molar-refractivity contribution in [2.24, 2.45) is 5.92 Å². The van der Waals surface area contributed by atoms with Crippen LogP contribution in [0.15, 0.2) is 17.0 Å². The van der Waals surface area contributed by atoms with Gasteiger partial charge in [-0.1, -0.05) is 30.9 Å².